The molecular formula is C18H27NO2S. The maximum atomic E-state index is 10.5. The van der Waals surface area contributed by atoms with E-state index < -0.39 is 0 Å². The van der Waals surface area contributed by atoms with E-state index in [4.69, 9.17) is 5.11 Å². The first-order chi connectivity index (χ1) is 10.5. The molecule has 1 heterocycles. The number of rotatable bonds is 6. The predicted molar refractivity (Wildman–Crippen MR) is 94.4 cm³/mol. The first-order valence-electron chi connectivity index (χ1n) is 8.16. The minimum absolute atomic E-state index is 0.0439. The van der Waals surface area contributed by atoms with Crippen LogP contribution < -0.4 is 0 Å². The van der Waals surface area contributed by atoms with Crippen LogP contribution in [0.3, 0.4) is 0 Å². The first kappa shape index (κ1) is 17.4. The summed E-state index contributed by atoms with van der Waals surface area (Å²) in [5, 5.41) is 19.5. The van der Waals surface area contributed by atoms with Gasteiger partial charge in [0.05, 0.1) is 18.7 Å². The van der Waals surface area contributed by atoms with E-state index in [1.165, 1.54) is 18.4 Å². The van der Waals surface area contributed by atoms with Crippen molar-refractivity contribution in [3.63, 3.8) is 0 Å². The Labute approximate surface area is 137 Å². The zero-order valence-corrected chi connectivity index (χ0v) is 14.7. The van der Waals surface area contributed by atoms with Crippen molar-refractivity contribution in [1.82, 2.24) is 0 Å². The van der Waals surface area contributed by atoms with Crippen molar-refractivity contribution in [1.29, 1.82) is 0 Å². The van der Waals surface area contributed by atoms with Gasteiger partial charge in [0.2, 0.25) is 0 Å². The Balaban J connectivity index is 2.35. The van der Waals surface area contributed by atoms with E-state index in [1.54, 1.807) is 0 Å². The smallest absolute Gasteiger partial charge is 0.126 e. The summed E-state index contributed by atoms with van der Waals surface area (Å²) in [5.74, 6) is 0.337. The zero-order valence-electron chi connectivity index (χ0n) is 13.9. The third-order valence-electron chi connectivity index (χ3n) is 3.88. The fourth-order valence-electron chi connectivity index (χ4n) is 2.90. The third-order valence-corrected chi connectivity index (χ3v) is 5.12. The molecule has 4 heteroatoms. The molecule has 0 spiro atoms. The number of unbranched alkanes of at least 4 members (excludes halogenated alkanes) is 2. The molecule has 0 saturated carbocycles. The minimum Gasteiger partial charge on any atom is -0.507 e. The average molecular weight is 321 g/mol. The van der Waals surface area contributed by atoms with Gasteiger partial charge in [-0.05, 0) is 44.4 Å². The Bertz CT molecular complexity index is 552. The molecule has 1 aliphatic rings. The molecular weight excluding hydrogens is 294 g/mol. The molecule has 2 rings (SSSR count). The van der Waals surface area contributed by atoms with Gasteiger partial charge in [-0.25, -0.2) is 0 Å². The SMILES string of the molecule is CCCCCc1cc(O)c2c(c1)SC(C)(C)CC2=NCCO. The van der Waals surface area contributed by atoms with Gasteiger partial charge >= 0.3 is 0 Å². The molecule has 1 aromatic rings. The molecule has 122 valence electrons. The third kappa shape index (κ3) is 4.26. The predicted octanol–water partition coefficient (Wildman–Crippen LogP) is 4.18. The van der Waals surface area contributed by atoms with Gasteiger partial charge in [-0.2, -0.15) is 0 Å². The monoisotopic (exact) mass is 321 g/mol. The number of nitrogens with zero attached hydrogens (tertiary/aromatic N) is 1. The fraction of sp³-hybridized carbons (Fsp3) is 0.611. The normalized spacial score (nSPS) is 18.5. The number of benzene rings is 1. The van der Waals surface area contributed by atoms with Crippen LogP contribution in [0.5, 0.6) is 5.75 Å². The largest absolute Gasteiger partial charge is 0.507 e. The number of phenols is 1. The summed E-state index contributed by atoms with van der Waals surface area (Å²) in [6.07, 6.45) is 5.41. The van der Waals surface area contributed by atoms with Gasteiger partial charge in [0.25, 0.3) is 0 Å². The Morgan fingerprint density at radius 2 is 2.05 bits per heavy atom. The van der Waals surface area contributed by atoms with Gasteiger partial charge in [-0.15, -0.1) is 11.8 Å². The minimum atomic E-state index is 0.0439. The van der Waals surface area contributed by atoms with E-state index in [9.17, 15) is 5.11 Å². The van der Waals surface area contributed by atoms with Crippen molar-refractivity contribution in [3.05, 3.63) is 23.3 Å². The Morgan fingerprint density at radius 3 is 2.73 bits per heavy atom. The molecule has 3 nitrogen and oxygen atoms in total. The summed E-state index contributed by atoms with van der Waals surface area (Å²) < 4.78 is 0.0652. The van der Waals surface area contributed by atoms with Gasteiger partial charge in [-0.1, -0.05) is 19.8 Å². The van der Waals surface area contributed by atoms with Gasteiger partial charge in [0.15, 0.2) is 0 Å². The second kappa shape index (κ2) is 7.51. The van der Waals surface area contributed by atoms with Crippen LogP contribution >= 0.6 is 11.8 Å². The van der Waals surface area contributed by atoms with Gasteiger partial charge in [-0.3, -0.25) is 4.99 Å². The Kier molecular flexibility index (Phi) is 5.93. The number of thioether (sulfide) groups is 1. The van der Waals surface area contributed by atoms with Crippen molar-refractivity contribution >= 4 is 17.5 Å². The molecule has 1 aromatic carbocycles. The molecule has 0 radical (unpaired) electrons. The van der Waals surface area contributed by atoms with Gasteiger partial charge < -0.3 is 10.2 Å². The van der Waals surface area contributed by atoms with Crippen LogP contribution in [0.15, 0.2) is 22.0 Å². The lowest BCUT2D eigenvalue weighted by Gasteiger charge is -2.32. The summed E-state index contributed by atoms with van der Waals surface area (Å²) in [4.78, 5) is 5.62. The molecule has 0 amide bonds. The average Bonchev–Trinajstić information content (AvgIpc) is 2.43. The number of aromatic hydroxyl groups is 1. The number of aliphatic hydroxyl groups excluding tert-OH is 1. The molecule has 0 unspecified atom stereocenters. The fourth-order valence-corrected chi connectivity index (χ4v) is 4.23. The van der Waals surface area contributed by atoms with Crippen LogP contribution in [-0.4, -0.2) is 33.8 Å². The maximum Gasteiger partial charge on any atom is 0.126 e. The molecule has 0 saturated heterocycles. The topological polar surface area (TPSA) is 52.8 Å². The van der Waals surface area contributed by atoms with Gasteiger partial charge in [0, 0.05) is 21.8 Å². The van der Waals surface area contributed by atoms with E-state index in [0.29, 0.717) is 12.3 Å². The number of fused-ring (bicyclic) bond motifs is 1. The second-order valence-electron chi connectivity index (χ2n) is 6.54. The molecule has 0 aliphatic carbocycles. The summed E-state index contributed by atoms with van der Waals surface area (Å²) in [5.41, 5.74) is 3.00. The second-order valence-corrected chi connectivity index (χ2v) is 8.28. The number of phenolic OH excluding ortho intramolecular Hbond substituents is 1. The van der Waals surface area contributed by atoms with Crippen molar-refractivity contribution in [2.45, 2.75) is 62.5 Å². The molecule has 1 aliphatic heterocycles. The molecule has 0 aromatic heterocycles. The van der Waals surface area contributed by atoms with Crippen molar-refractivity contribution in [2.75, 3.05) is 13.2 Å². The Morgan fingerprint density at radius 1 is 1.27 bits per heavy atom. The molecule has 0 fully saturated rings. The maximum absolute atomic E-state index is 10.5. The first-order valence-corrected chi connectivity index (χ1v) is 8.98. The quantitative estimate of drug-likeness (QED) is 0.773. The number of hydrogen-bond acceptors (Lipinski definition) is 4. The van der Waals surface area contributed by atoms with Crippen molar-refractivity contribution < 1.29 is 10.2 Å². The highest BCUT2D eigenvalue weighted by molar-refractivity contribution is 8.00. The van der Waals surface area contributed by atoms with E-state index in [1.807, 2.05) is 17.8 Å². The highest BCUT2D eigenvalue weighted by Gasteiger charge is 2.32. The zero-order chi connectivity index (χ0) is 16.2. The lowest BCUT2D eigenvalue weighted by molar-refractivity contribution is 0.306. The number of aliphatic hydroxyl groups is 1. The Hall–Kier alpha value is -1.00. The van der Waals surface area contributed by atoms with E-state index in [-0.39, 0.29) is 11.4 Å². The van der Waals surface area contributed by atoms with Crippen LogP contribution in [0, 0.1) is 0 Å². The standard InChI is InChI=1S/C18H27NO2S/c1-4-5-6-7-13-10-15(21)17-14(19-8-9-20)12-18(2,3)22-16(17)11-13/h10-11,20-21H,4-9,12H2,1-3H3. The van der Waals surface area contributed by atoms with Crippen molar-refractivity contribution in [2.24, 2.45) is 4.99 Å². The molecule has 0 atom stereocenters. The number of aliphatic imine (C=N–C) groups is 1. The molecule has 22 heavy (non-hydrogen) atoms. The van der Waals surface area contributed by atoms with Crippen LogP contribution in [0.1, 0.15) is 57.6 Å². The lowest BCUT2D eigenvalue weighted by atomic mass is 9.95. The molecule has 0 bridgehead atoms. The summed E-state index contributed by atoms with van der Waals surface area (Å²) >= 11 is 1.82. The highest BCUT2D eigenvalue weighted by Crippen LogP contribution is 2.46. The van der Waals surface area contributed by atoms with E-state index >= 15 is 0 Å². The van der Waals surface area contributed by atoms with Crippen LogP contribution in [0.25, 0.3) is 0 Å². The summed E-state index contributed by atoms with van der Waals surface area (Å²) in [6.45, 7) is 7.05. The van der Waals surface area contributed by atoms with Gasteiger partial charge in [0.1, 0.15) is 5.75 Å². The highest BCUT2D eigenvalue weighted by atomic mass is 32.2. The summed E-state index contributed by atoms with van der Waals surface area (Å²) in [7, 11) is 0. The van der Waals surface area contributed by atoms with E-state index in [2.05, 4.69) is 31.8 Å². The van der Waals surface area contributed by atoms with Crippen molar-refractivity contribution in [3.8, 4) is 5.75 Å². The number of hydrogen-bond donors (Lipinski definition) is 2. The lowest BCUT2D eigenvalue weighted by Crippen LogP contribution is -2.26. The van der Waals surface area contributed by atoms with Crippen LogP contribution in [-0.2, 0) is 6.42 Å². The number of aryl methyl sites for hydroxylation is 1. The van der Waals surface area contributed by atoms with E-state index in [0.717, 1.165) is 35.4 Å². The van der Waals surface area contributed by atoms with Crippen LogP contribution in [0.4, 0.5) is 0 Å². The molecule has 2 N–H and O–H groups in total. The summed E-state index contributed by atoms with van der Waals surface area (Å²) in [6, 6.07) is 4.10. The van der Waals surface area contributed by atoms with Crippen LogP contribution in [0.2, 0.25) is 0 Å².